The molecule has 0 saturated heterocycles. The molecule has 8 heteroatoms. The SMILES string of the molecule is O=C(COc1ccc(Nc2ccccc2)cc1)Nc1ccc2c(c1)OC(F)(F)O2. The second-order valence-electron chi connectivity index (χ2n) is 6.18. The molecule has 6 nitrogen and oxygen atoms in total. The van der Waals surface area contributed by atoms with Crippen molar-refractivity contribution < 1.29 is 27.8 Å². The molecule has 2 N–H and O–H groups in total. The maximum Gasteiger partial charge on any atom is 0.586 e. The van der Waals surface area contributed by atoms with Gasteiger partial charge in [-0.3, -0.25) is 4.79 Å². The summed E-state index contributed by atoms with van der Waals surface area (Å²) in [6, 6.07) is 20.8. The van der Waals surface area contributed by atoms with Gasteiger partial charge in [0.05, 0.1) is 0 Å². The van der Waals surface area contributed by atoms with Crippen LogP contribution in [0.5, 0.6) is 17.2 Å². The Balaban J connectivity index is 1.29. The summed E-state index contributed by atoms with van der Waals surface area (Å²) in [4.78, 5) is 12.1. The largest absolute Gasteiger partial charge is 0.586 e. The average molecular weight is 398 g/mol. The minimum Gasteiger partial charge on any atom is -0.484 e. The van der Waals surface area contributed by atoms with Gasteiger partial charge < -0.3 is 24.8 Å². The fourth-order valence-electron chi connectivity index (χ4n) is 2.70. The molecule has 3 aromatic rings. The molecule has 148 valence electrons. The van der Waals surface area contributed by atoms with Crippen LogP contribution < -0.4 is 24.8 Å². The van der Waals surface area contributed by atoms with Crippen molar-refractivity contribution in [2.75, 3.05) is 17.2 Å². The van der Waals surface area contributed by atoms with E-state index < -0.39 is 12.2 Å². The Bertz CT molecular complexity index is 1010. The van der Waals surface area contributed by atoms with Crippen molar-refractivity contribution in [3.63, 3.8) is 0 Å². The lowest BCUT2D eigenvalue weighted by molar-refractivity contribution is -0.286. The quantitative estimate of drug-likeness (QED) is 0.626. The number of rotatable bonds is 6. The maximum atomic E-state index is 13.0. The molecule has 0 saturated carbocycles. The third kappa shape index (κ3) is 4.73. The molecule has 1 amide bonds. The number of para-hydroxylation sites is 1. The number of hydrogen-bond donors (Lipinski definition) is 2. The number of anilines is 3. The van der Waals surface area contributed by atoms with Gasteiger partial charge in [0.1, 0.15) is 5.75 Å². The molecule has 0 atom stereocenters. The topological polar surface area (TPSA) is 68.8 Å². The number of carbonyl (C=O) groups is 1. The van der Waals surface area contributed by atoms with Gasteiger partial charge in [0.25, 0.3) is 5.91 Å². The molecule has 1 aliphatic heterocycles. The normalized spacial score (nSPS) is 13.6. The van der Waals surface area contributed by atoms with E-state index in [1.54, 1.807) is 12.1 Å². The summed E-state index contributed by atoms with van der Waals surface area (Å²) in [5.74, 6) is -0.158. The van der Waals surface area contributed by atoms with Crippen molar-refractivity contribution in [1.82, 2.24) is 0 Å². The summed E-state index contributed by atoms with van der Waals surface area (Å²) in [5, 5.41) is 5.80. The number of hydrogen-bond acceptors (Lipinski definition) is 5. The Hall–Kier alpha value is -3.81. The lowest BCUT2D eigenvalue weighted by Crippen LogP contribution is -2.25. The first kappa shape index (κ1) is 18.5. The summed E-state index contributed by atoms with van der Waals surface area (Å²) in [7, 11) is 0. The number of ether oxygens (including phenoxy) is 3. The van der Waals surface area contributed by atoms with Gasteiger partial charge in [0, 0.05) is 23.1 Å². The highest BCUT2D eigenvalue weighted by Gasteiger charge is 2.43. The number of halogens is 2. The third-order valence-electron chi connectivity index (χ3n) is 3.97. The summed E-state index contributed by atoms with van der Waals surface area (Å²) < 4.78 is 40.2. The molecule has 0 bridgehead atoms. The summed E-state index contributed by atoms with van der Waals surface area (Å²) in [5.41, 5.74) is 2.13. The van der Waals surface area contributed by atoms with Crippen LogP contribution in [0.4, 0.5) is 25.8 Å². The monoisotopic (exact) mass is 398 g/mol. The van der Waals surface area contributed by atoms with Crippen LogP contribution in [0.1, 0.15) is 0 Å². The van der Waals surface area contributed by atoms with Crippen molar-refractivity contribution in [3.05, 3.63) is 72.8 Å². The van der Waals surface area contributed by atoms with Crippen LogP contribution in [0.3, 0.4) is 0 Å². The molecule has 0 unspecified atom stereocenters. The fraction of sp³-hybridized carbons (Fsp3) is 0.0952. The second kappa shape index (κ2) is 7.67. The first-order valence-corrected chi connectivity index (χ1v) is 8.72. The molecule has 0 aromatic heterocycles. The maximum absolute atomic E-state index is 13.0. The lowest BCUT2D eigenvalue weighted by atomic mass is 10.2. The summed E-state index contributed by atoms with van der Waals surface area (Å²) in [6.07, 6.45) is -3.70. The summed E-state index contributed by atoms with van der Waals surface area (Å²) >= 11 is 0. The highest BCUT2D eigenvalue weighted by Crippen LogP contribution is 2.42. The molecule has 3 aromatic carbocycles. The molecule has 1 aliphatic rings. The van der Waals surface area contributed by atoms with Crippen molar-refractivity contribution in [1.29, 1.82) is 0 Å². The van der Waals surface area contributed by atoms with E-state index >= 15 is 0 Å². The fourth-order valence-corrected chi connectivity index (χ4v) is 2.70. The van der Waals surface area contributed by atoms with Gasteiger partial charge in [-0.05, 0) is 48.5 Å². The zero-order valence-corrected chi connectivity index (χ0v) is 15.0. The zero-order valence-electron chi connectivity index (χ0n) is 15.0. The third-order valence-corrected chi connectivity index (χ3v) is 3.97. The van der Waals surface area contributed by atoms with Crippen LogP contribution in [0.2, 0.25) is 0 Å². The van der Waals surface area contributed by atoms with Crippen molar-refractivity contribution in [3.8, 4) is 17.2 Å². The highest BCUT2D eigenvalue weighted by molar-refractivity contribution is 5.92. The van der Waals surface area contributed by atoms with E-state index in [9.17, 15) is 13.6 Å². The van der Waals surface area contributed by atoms with Crippen LogP contribution >= 0.6 is 0 Å². The molecule has 1 heterocycles. The first-order valence-electron chi connectivity index (χ1n) is 8.72. The first-order chi connectivity index (χ1) is 14.0. The van der Waals surface area contributed by atoms with E-state index in [-0.39, 0.29) is 18.1 Å². The van der Waals surface area contributed by atoms with Crippen molar-refractivity contribution in [2.24, 2.45) is 0 Å². The van der Waals surface area contributed by atoms with E-state index in [2.05, 4.69) is 20.1 Å². The van der Waals surface area contributed by atoms with Gasteiger partial charge >= 0.3 is 6.29 Å². The minimum atomic E-state index is -3.70. The number of carbonyl (C=O) groups excluding carboxylic acids is 1. The standard InChI is InChI=1S/C21H16F2N2O4/c22-21(23)28-18-11-8-16(12-19(18)29-21)25-20(26)13-27-17-9-6-15(7-10-17)24-14-4-2-1-3-5-14/h1-12,24H,13H2,(H,25,26). The van der Waals surface area contributed by atoms with Crippen LogP contribution in [0, 0.1) is 0 Å². The number of alkyl halides is 2. The number of amides is 1. The van der Waals surface area contributed by atoms with Crippen molar-refractivity contribution in [2.45, 2.75) is 6.29 Å². The molecule has 0 spiro atoms. The number of nitrogens with one attached hydrogen (secondary N) is 2. The van der Waals surface area contributed by atoms with Gasteiger partial charge in [-0.15, -0.1) is 8.78 Å². The van der Waals surface area contributed by atoms with E-state index in [4.69, 9.17) is 4.74 Å². The van der Waals surface area contributed by atoms with Gasteiger partial charge in [0.2, 0.25) is 0 Å². The molecular formula is C21H16F2N2O4. The number of fused-ring (bicyclic) bond motifs is 1. The Morgan fingerprint density at radius 2 is 1.52 bits per heavy atom. The predicted molar refractivity (Wildman–Crippen MR) is 103 cm³/mol. The Morgan fingerprint density at radius 3 is 2.28 bits per heavy atom. The van der Waals surface area contributed by atoms with Gasteiger partial charge in [-0.1, -0.05) is 18.2 Å². The van der Waals surface area contributed by atoms with E-state index in [0.29, 0.717) is 11.4 Å². The van der Waals surface area contributed by atoms with Gasteiger partial charge in [-0.2, -0.15) is 0 Å². The zero-order chi connectivity index (χ0) is 20.3. The predicted octanol–water partition coefficient (Wildman–Crippen LogP) is 4.77. The van der Waals surface area contributed by atoms with E-state index in [1.807, 2.05) is 42.5 Å². The Morgan fingerprint density at radius 1 is 0.862 bits per heavy atom. The average Bonchev–Trinajstić information content (AvgIpc) is 3.01. The van der Waals surface area contributed by atoms with Gasteiger partial charge in [0.15, 0.2) is 18.1 Å². The second-order valence-corrected chi connectivity index (χ2v) is 6.18. The smallest absolute Gasteiger partial charge is 0.484 e. The van der Waals surface area contributed by atoms with Crippen LogP contribution in [0.15, 0.2) is 72.8 Å². The molecular weight excluding hydrogens is 382 g/mol. The van der Waals surface area contributed by atoms with Crippen LogP contribution in [-0.4, -0.2) is 18.8 Å². The molecule has 29 heavy (non-hydrogen) atoms. The van der Waals surface area contributed by atoms with Crippen molar-refractivity contribution >= 4 is 23.0 Å². The molecule has 0 aliphatic carbocycles. The minimum absolute atomic E-state index is 0.0894. The highest BCUT2D eigenvalue weighted by atomic mass is 19.3. The Labute approximate surface area is 165 Å². The van der Waals surface area contributed by atoms with E-state index in [0.717, 1.165) is 11.4 Å². The van der Waals surface area contributed by atoms with E-state index in [1.165, 1.54) is 18.2 Å². The summed E-state index contributed by atoms with van der Waals surface area (Å²) in [6.45, 7) is -0.240. The number of benzene rings is 3. The lowest BCUT2D eigenvalue weighted by Gasteiger charge is -2.10. The molecule has 0 fully saturated rings. The molecule has 4 rings (SSSR count). The van der Waals surface area contributed by atoms with Gasteiger partial charge in [-0.25, -0.2) is 0 Å². The van der Waals surface area contributed by atoms with Crippen LogP contribution in [0.25, 0.3) is 0 Å². The molecule has 0 radical (unpaired) electrons. The van der Waals surface area contributed by atoms with Crippen LogP contribution in [-0.2, 0) is 4.79 Å². The Kier molecular flexibility index (Phi) is 4.90.